The average Bonchev–Trinajstić information content (AvgIpc) is 2.54. The number of para-hydroxylation sites is 1. The Balaban J connectivity index is 2.47. The number of aromatic nitrogens is 1. The number of benzene rings is 1. The van der Waals surface area contributed by atoms with Gasteiger partial charge in [0.05, 0.1) is 5.52 Å². The Morgan fingerprint density at radius 3 is 2.81 bits per heavy atom. The number of carbonyl (C=O) groups is 1. The molecule has 16 heavy (non-hydrogen) atoms. The van der Waals surface area contributed by atoms with Crippen molar-refractivity contribution in [2.24, 2.45) is 7.05 Å². The number of hydrogen-bond acceptors (Lipinski definition) is 1. The van der Waals surface area contributed by atoms with Gasteiger partial charge in [0.1, 0.15) is 5.78 Å². The summed E-state index contributed by atoms with van der Waals surface area (Å²) in [6.07, 6.45) is 3.61. The minimum atomic E-state index is 0.254. The second-order valence-corrected chi connectivity index (χ2v) is 4.44. The van der Waals surface area contributed by atoms with Crippen LogP contribution in [0.3, 0.4) is 0 Å². The zero-order valence-electron chi connectivity index (χ0n) is 10.1. The Morgan fingerprint density at radius 2 is 2.12 bits per heavy atom. The maximum absolute atomic E-state index is 11.0. The SMILES string of the molecule is CC(=O)CCc1cn(C)c2c(C)cccc12. The Bertz CT molecular complexity index is 537. The van der Waals surface area contributed by atoms with Crippen molar-refractivity contribution >= 4 is 16.7 Å². The van der Waals surface area contributed by atoms with E-state index in [1.54, 1.807) is 6.92 Å². The quantitative estimate of drug-likeness (QED) is 0.771. The standard InChI is InChI=1S/C14H17NO/c1-10-5-4-6-13-12(8-7-11(2)16)9-15(3)14(10)13/h4-6,9H,7-8H2,1-3H3. The second kappa shape index (κ2) is 4.12. The van der Waals surface area contributed by atoms with Crippen LogP contribution in [0.4, 0.5) is 0 Å². The van der Waals surface area contributed by atoms with Gasteiger partial charge in [-0.15, -0.1) is 0 Å². The van der Waals surface area contributed by atoms with E-state index >= 15 is 0 Å². The van der Waals surface area contributed by atoms with Gasteiger partial charge in [-0.1, -0.05) is 18.2 Å². The van der Waals surface area contributed by atoms with Gasteiger partial charge in [-0.3, -0.25) is 0 Å². The molecule has 84 valence electrons. The van der Waals surface area contributed by atoms with Gasteiger partial charge in [0.25, 0.3) is 0 Å². The summed E-state index contributed by atoms with van der Waals surface area (Å²) >= 11 is 0. The van der Waals surface area contributed by atoms with Crippen LogP contribution in [0.5, 0.6) is 0 Å². The molecule has 0 atom stereocenters. The maximum Gasteiger partial charge on any atom is 0.130 e. The first-order valence-electron chi connectivity index (χ1n) is 5.62. The van der Waals surface area contributed by atoms with E-state index < -0.39 is 0 Å². The third kappa shape index (κ3) is 1.87. The zero-order chi connectivity index (χ0) is 11.7. The van der Waals surface area contributed by atoms with Crippen LogP contribution in [-0.2, 0) is 18.3 Å². The summed E-state index contributed by atoms with van der Waals surface area (Å²) in [5.74, 6) is 0.254. The van der Waals surface area contributed by atoms with Crippen molar-refractivity contribution in [2.75, 3.05) is 0 Å². The molecule has 1 aromatic heterocycles. The molecule has 0 aliphatic carbocycles. The molecular formula is C14H17NO. The number of hydrogen-bond donors (Lipinski definition) is 0. The molecule has 2 aromatic rings. The maximum atomic E-state index is 11.0. The molecule has 2 heteroatoms. The number of ketones is 1. The van der Waals surface area contributed by atoms with Crippen LogP contribution in [0.15, 0.2) is 24.4 Å². The third-order valence-electron chi connectivity index (χ3n) is 3.03. The lowest BCUT2D eigenvalue weighted by molar-refractivity contribution is -0.116. The first kappa shape index (κ1) is 10.9. The predicted octanol–water partition coefficient (Wildman–Crippen LogP) is 3.01. The normalized spacial score (nSPS) is 10.9. The first-order chi connectivity index (χ1) is 7.59. The van der Waals surface area contributed by atoms with Crippen LogP contribution >= 0.6 is 0 Å². The minimum Gasteiger partial charge on any atom is -0.350 e. The molecule has 0 unspecified atom stereocenters. The summed E-state index contributed by atoms with van der Waals surface area (Å²) in [6.45, 7) is 3.77. The number of carbonyl (C=O) groups excluding carboxylic acids is 1. The summed E-state index contributed by atoms with van der Waals surface area (Å²) in [7, 11) is 2.06. The highest BCUT2D eigenvalue weighted by molar-refractivity contribution is 5.87. The van der Waals surface area contributed by atoms with E-state index in [0.717, 1.165) is 6.42 Å². The molecule has 0 aliphatic heterocycles. The zero-order valence-corrected chi connectivity index (χ0v) is 10.1. The number of aryl methyl sites for hydroxylation is 3. The molecule has 0 aliphatic rings. The Morgan fingerprint density at radius 1 is 1.38 bits per heavy atom. The summed E-state index contributed by atoms with van der Waals surface area (Å²) in [6, 6.07) is 6.34. The summed E-state index contributed by atoms with van der Waals surface area (Å²) in [5.41, 5.74) is 3.84. The smallest absolute Gasteiger partial charge is 0.130 e. The van der Waals surface area contributed by atoms with E-state index in [4.69, 9.17) is 0 Å². The monoisotopic (exact) mass is 215 g/mol. The molecule has 0 N–H and O–H groups in total. The lowest BCUT2D eigenvalue weighted by atomic mass is 10.1. The molecule has 0 saturated heterocycles. The molecule has 0 spiro atoms. The van der Waals surface area contributed by atoms with Crippen molar-refractivity contribution in [1.29, 1.82) is 0 Å². The van der Waals surface area contributed by atoms with Crippen molar-refractivity contribution in [2.45, 2.75) is 26.7 Å². The molecule has 0 fully saturated rings. The molecule has 2 rings (SSSR count). The number of Topliss-reactive ketones (excluding diaryl/α,β-unsaturated/α-hetero) is 1. The highest BCUT2D eigenvalue weighted by atomic mass is 16.1. The molecule has 1 aromatic carbocycles. The Labute approximate surface area is 95.9 Å². The van der Waals surface area contributed by atoms with Gasteiger partial charge in [-0.25, -0.2) is 0 Å². The van der Waals surface area contributed by atoms with E-state index in [-0.39, 0.29) is 5.78 Å². The van der Waals surface area contributed by atoms with Crippen molar-refractivity contribution in [1.82, 2.24) is 4.57 Å². The van der Waals surface area contributed by atoms with Gasteiger partial charge < -0.3 is 9.36 Å². The highest BCUT2D eigenvalue weighted by Crippen LogP contribution is 2.24. The highest BCUT2D eigenvalue weighted by Gasteiger charge is 2.08. The van der Waals surface area contributed by atoms with Crippen molar-refractivity contribution in [3.8, 4) is 0 Å². The number of nitrogens with zero attached hydrogens (tertiary/aromatic N) is 1. The average molecular weight is 215 g/mol. The third-order valence-corrected chi connectivity index (χ3v) is 3.03. The van der Waals surface area contributed by atoms with E-state index in [1.165, 1.54) is 22.0 Å². The lowest BCUT2D eigenvalue weighted by Crippen LogP contribution is -1.93. The van der Waals surface area contributed by atoms with Gasteiger partial charge in [0.2, 0.25) is 0 Å². The van der Waals surface area contributed by atoms with Crippen LogP contribution in [-0.4, -0.2) is 10.4 Å². The van der Waals surface area contributed by atoms with Crippen molar-refractivity contribution in [3.05, 3.63) is 35.5 Å². The summed E-state index contributed by atoms with van der Waals surface area (Å²) in [4.78, 5) is 11.0. The van der Waals surface area contributed by atoms with E-state index in [1.807, 2.05) is 0 Å². The lowest BCUT2D eigenvalue weighted by Gasteiger charge is -2.00. The number of fused-ring (bicyclic) bond motifs is 1. The van der Waals surface area contributed by atoms with E-state index in [0.29, 0.717) is 6.42 Å². The van der Waals surface area contributed by atoms with Gasteiger partial charge in [0.15, 0.2) is 0 Å². The van der Waals surface area contributed by atoms with Gasteiger partial charge >= 0.3 is 0 Å². The Kier molecular flexibility index (Phi) is 2.82. The first-order valence-corrected chi connectivity index (χ1v) is 5.62. The van der Waals surface area contributed by atoms with E-state index in [9.17, 15) is 4.79 Å². The molecule has 1 heterocycles. The van der Waals surface area contributed by atoms with Gasteiger partial charge in [0, 0.05) is 25.1 Å². The number of rotatable bonds is 3. The van der Waals surface area contributed by atoms with E-state index in [2.05, 4.69) is 42.9 Å². The summed E-state index contributed by atoms with van der Waals surface area (Å²) < 4.78 is 2.15. The van der Waals surface area contributed by atoms with Crippen LogP contribution in [0.1, 0.15) is 24.5 Å². The molecule has 2 nitrogen and oxygen atoms in total. The van der Waals surface area contributed by atoms with Crippen LogP contribution in [0.2, 0.25) is 0 Å². The van der Waals surface area contributed by atoms with Crippen molar-refractivity contribution < 1.29 is 4.79 Å². The summed E-state index contributed by atoms with van der Waals surface area (Å²) in [5, 5.41) is 1.28. The predicted molar refractivity (Wildman–Crippen MR) is 66.7 cm³/mol. The minimum absolute atomic E-state index is 0.254. The molecular weight excluding hydrogens is 198 g/mol. The van der Waals surface area contributed by atoms with Crippen LogP contribution in [0.25, 0.3) is 10.9 Å². The molecule has 0 radical (unpaired) electrons. The fraction of sp³-hybridized carbons (Fsp3) is 0.357. The van der Waals surface area contributed by atoms with Crippen LogP contribution in [0, 0.1) is 6.92 Å². The fourth-order valence-electron chi connectivity index (χ4n) is 2.26. The largest absolute Gasteiger partial charge is 0.350 e. The Hall–Kier alpha value is -1.57. The topological polar surface area (TPSA) is 22.0 Å². The van der Waals surface area contributed by atoms with Crippen LogP contribution < -0.4 is 0 Å². The van der Waals surface area contributed by atoms with Gasteiger partial charge in [-0.05, 0) is 31.4 Å². The van der Waals surface area contributed by atoms with Gasteiger partial charge in [-0.2, -0.15) is 0 Å². The van der Waals surface area contributed by atoms with Crippen molar-refractivity contribution in [3.63, 3.8) is 0 Å². The molecule has 0 bridgehead atoms. The second-order valence-electron chi connectivity index (χ2n) is 4.44. The molecule has 0 saturated carbocycles. The molecule has 0 amide bonds. The fourth-order valence-corrected chi connectivity index (χ4v) is 2.26.